The van der Waals surface area contributed by atoms with Crippen molar-refractivity contribution >= 4 is 232 Å². The monoisotopic (exact) mass is 1850 g/mol. The van der Waals surface area contributed by atoms with E-state index in [0.717, 1.165) is 46.8 Å². The lowest BCUT2D eigenvalue weighted by Gasteiger charge is -2.13. The molecule has 0 heterocycles. The van der Waals surface area contributed by atoms with Gasteiger partial charge in [0.1, 0.15) is 17.2 Å². The zero-order valence-electron chi connectivity index (χ0n) is 30.5. The summed E-state index contributed by atoms with van der Waals surface area (Å²) in [6.45, 7) is -0.793. The zero-order valence-corrected chi connectivity index (χ0v) is 50.7. The van der Waals surface area contributed by atoms with Crippen molar-refractivity contribution in [2.45, 2.75) is 14.7 Å². The molecule has 0 aliphatic rings. The van der Waals surface area contributed by atoms with Crippen molar-refractivity contribution in [3.05, 3.63) is 141 Å². The maximum absolute atomic E-state index is 12.8. The lowest BCUT2D eigenvalue weighted by molar-refractivity contribution is -0.137. The van der Waals surface area contributed by atoms with Crippen LogP contribution in [0.3, 0.4) is 0 Å². The van der Waals surface area contributed by atoms with Gasteiger partial charge in [0.25, 0.3) is 0 Å². The van der Waals surface area contributed by atoms with E-state index in [1.807, 2.05) is 109 Å². The fraction of sp³-hybridized carbons (Fsp3) is 0.0714. The molecule has 0 aliphatic carbocycles. The summed E-state index contributed by atoms with van der Waals surface area (Å²) in [5, 5.41) is 0. The first kappa shape index (κ1) is 50.5. The standard InChI is InChI=1S/C42H24I9O9S/c43-22-13-31(46)40(32(47)14-22)58-37(52)19-55-25-1-7-28(8-2-25)61(29-9-3-26(4-10-29)56-20-38(53)59-41-33(48)15-23(44)16-34(41)49)30-11-5-27(6-12-30)57-21-39(54)60-42-35(50)17-24(45)18-36(42)51/h1-18H,19-21H2/q+1. The smallest absolute Gasteiger partial charge is 0.349 e. The minimum absolute atomic E-state index is 0.264. The van der Waals surface area contributed by atoms with Crippen LogP contribution in [0.25, 0.3) is 0 Å². The van der Waals surface area contributed by atoms with E-state index in [9.17, 15) is 14.4 Å². The van der Waals surface area contributed by atoms with Crippen LogP contribution in [-0.4, -0.2) is 37.7 Å². The highest BCUT2D eigenvalue weighted by Gasteiger charge is 2.29. The van der Waals surface area contributed by atoms with Gasteiger partial charge < -0.3 is 28.4 Å². The van der Waals surface area contributed by atoms with Gasteiger partial charge in [0.05, 0.1) is 32.3 Å². The van der Waals surface area contributed by atoms with Gasteiger partial charge in [-0.2, -0.15) is 0 Å². The first-order valence-electron chi connectivity index (χ1n) is 17.1. The van der Waals surface area contributed by atoms with Crippen LogP contribution in [0.5, 0.6) is 34.5 Å². The fourth-order valence-electron chi connectivity index (χ4n) is 5.16. The minimum atomic E-state index is -0.627. The summed E-state index contributed by atoms with van der Waals surface area (Å²) < 4.78 is 42.6. The topological polar surface area (TPSA) is 107 Å². The number of hydrogen-bond acceptors (Lipinski definition) is 9. The zero-order chi connectivity index (χ0) is 43.8. The number of carbonyl (C=O) groups is 3. The second-order valence-electron chi connectivity index (χ2n) is 12.1. The maximum Gasteiger partial charge on any atom is 0.349 e. The molecule has 19 heteroatoms. The largest absolute Gasteiger partial charge is 0.482 e. The Hall–Kier alpha value is 0.0500. The number of halogens is 9. The van der Waals surface area contributed by atoms with E-state index < -0.39 is 28.8 Å². The van der Waals surface area contributed by atoms with Crippen molar-refractivity contribution in [1.29, 1.82) is 0 Å². The molecule has 61 heavy (non-hydrogen) atoms. The predicted octanol–water partition coefficient (Wildman–Crippen LogP) is 13.2. The third kappa shape index (κ3) is 14.8. The van der Waals surface area contributed by atoms with E-state index in [1.54, 1.807) is 0 Å². The van der Waals surface area contributed by atoms with E-state index >= 15 is 0 Å². The van der Waals surface area contributed by atoms with Crippen molar-refractivity contribution < 1.29 is 42.8 Å². The molecule has 0 saturated heterocycles. The first-order valence-corrected chi connectivity index (χ1v) is 28.1. The molecule has 0 spiro atoms. The van der Waals surface area contributed by atoms with Crippen molar-refractivity contribution in [2.75, 3.05) is 19.8 Å². The van der Waals surface area contributed by atoms with Gasteiger partial charge >= 0.3 is 17.9 Å². The second kappa shape index (κ2) is 24.2. The summed E-state index contributed by atoms with van der Waals surface area (Å²) in [6.07, 6.45) is 0. The molecule has 6 aromatic carbocycles. The molecule has 314 valence electrons. The number of benzene rings is 6. The third-order valence-electron chi connectivity index (χ3n) is 7.79. The lowest BCUT2D eigenvalue weighted by atomic mass is 10.3. The number of esters is 3. The van der Waals surface area contributed by atoms with Crippen LogP contribution >= 0.6 is 203 Å². The van der Waals surface area contributed by atoms with Gasteiger partial charge in [-0.1, -0.05) is 0 Å². The van der Waals surface area contributed by atoms with Crippen LogP contribution in [0, 0.1) is 32.1 Å². The molecule has 0 atom stereocenters. The minimum Gasteiger partial charge on any atom is -0.482 e. The SMILES string of the molecule is O=C(COc1ccc([S+](c2ccc(OCC(=O)Oc3c(I)cc(I)cc3I)cc2)c2ccc(OCC(=O)Oc3c(I)cc(I)cc3I)cc2)cc1)Oc1c(I)cc(I)cc1I. The molecule has 0 fully saturated rings. The Morgan fingerprint density at radius 1 is 0.361 bits per heavy atom. The summed E-state index contributed by atoms with van der Waals surface area (Å²) in [4.78, 5) is 41.2. The van der Waals surface area contributed by atoms with Crippen LogP contribution in [0.2, 0.25) is 0 Å². The van der Waals surface area contributed by atoms with Gasteiger partial charge in [-0.3, -0.25) is 0 Å². The molecule has 9 nitrogen and oxygen atoms in total. The van der Waals surface area contributed by atoms with E-state index in [2.05, 4.69) is 203 Å². The molecule has 0 N–H and O–H groups in total. The molecular weight excluding hydrogens is 1820 g/mol. The third-order valence-corrected chi connectivity index (χ3v) is 16.7. The summed E-state index contributed by atoms with van der Waals surface area (Å²) >= 11 is 19.6. The Morgan fingerprint density at radius 3 is 0.787 bits per heavy atom. The van der Waals surface area contributed by atoms with Crippen LogP contribution in [0.15, 0.2) is 124 Å². The van der Waals surface area contributed by atoms with Gasteiger partial charge in [0.2, 0.25) is 0 Å². The van der Waals surface area contributed by atoms with E-state index in [4.69, 9.17) is 28.4 Å². The number of carbonyl (C=O) groups excluding carboxylic acids is 3. The van der Waals surface area contributed by atoms with E-state index in [1.165, 1.54) is 0 Å². The van der Waals surface area contributed by atoms with Gasteiger partial charge in [0.15, 0.2) is 51.8 Å². The normalized spacial score (nSPS) is 10.9. The Kier molecular flexibility index (Phi) is 20.0. The fourth-order valence-corrected chi connectivity index (χ4v) is 18.6. The molecule has 0 saturated carbocycles. The van der Waals surface area contributed by atoms with Crippen LogP contribution in [-0.2, 0) is 25.3 Å². The predicted molar refractivity (Wildman–Crippen MR) is 309 cm³/mol. The number of rotatable bonds is 15. The molecule has 0 radical (unpaired) electrons. The average Bonchev–Trinajstić information content (AvgIpc) is 3.21. The summed E-state index contributed by atoms with van der Waals surface area (Å²) in [5.74, 6) is 1.54. The van der Waals surface area contributed by atoms with E-state index in [0.29, 0.717) is 34.5 Å². The summed E-state index contributed by atoms with van der Waals surface area (Å²) in [6, 6.07) is 34.3. The summed E-state index contributed by atoms with van der Waals surface area (Å²) in [5.41, 5.74) is 0. The molecule has 6 aromatic rings. The van der Waals surface area contributed by atoms with Crippen LogP contribution < -0.4 is 28.4 Å². The molecule has 0 aliphatic heterocycles. The van der Waals surface area contributed by atoms with Gasteiger partial charge in [0, 0.05) is 10.7 Å². The van der Waals surface area contributed by atoms with Crippen LogP contribution in [0.1, 0.15) is 0 Å². The summed E-state index contributed by atoms with van der Waals surface area (Å²) in [7, 11) is -0.627. The molecule has 0 unspecified atom stereocenters. The van der Waals surface area contributed by atoms with E-state index in [-0.39, 0.29) is 19.8 Å². The van der Waals surface area contributed by atoms with Crippen molar-refractivity contribution in [1.82, 2.24) is 0 Å². The van der Waals surface area contributed by atoms with Crippen LogP contribution in [0.4, 0.5) is 0 Å². The quantitative estimate of drug-likeness (QED) is 0.0430. The highest BCUT2D eigenvalue weighted by atomic mass is 127. The van der Waals surface area contributed by atoms with Crippen molar-refractivity contribution in [3.63, 3.8) is 0 Å². The van der Waals surface area contributed by atoms with Gasteiger partial charge in [-0.05, 0) is 313 Å². The van der Waals surface area contributed by atoms with Gasteiger partial charge in [-0.15, -0.1) is 0 Å². The maximum atomic E-state index is 12.8. The molecule has 6 rings (SSSR count). The van der Waals surface area contributed by atoms with Gasteiger partial charge in [-0.25, -0.2) is 14.4 Å². The number of hydrogen-bond donors (Lipinski definition) is 0. The molecule has 0 bridgehead atoms. The Labute approximate surface area is 477 Å². The first-order chi connectivity index (χ1) is 29.1. The Balaban J connectivity index is 1.15. The highest BCUT2D eigenvalue weighted by molar-refractivity contribution is 14.1. The Morgan fingerprint density at radius 2 is 0.574 bits per heavy atom. The molecule has 0 amide bonds. The molecular formula is C42H24I9O9S+. The lowest BCUT2D eigenvalue weighted by Crippen LogP contribution is -2.19. The second-order valence-corrected chi connectivity index (χ2v) is 24.8. The number of ether oxygens (including phenoxy) is 6. The van der Waals surface area contributed by atoms with Crippen molar-refractivity contribution in [2.24, 2.45) is 0 Å². The highest BCUT2D eigenvalue weighted by Crippen LogP contribution is 2.36. The average molecular weight is 1850 g/mol. The Bertz CT molecular complexity index is 2220. The molecule has 0 aromatic heterocycles. The van der Waals surface area contributed by atoms with Crippen molar-refractivity contribution in [3.8, 4) is 34.5 Å².